The number of benzene rings is 1. The molecule has 1 aliphatic heterocycles. The molecule has 0 bridgehead atoms. The monoisotopic (exact) mass is 421 g/mol. The molecule has 23 heavy (non-hydrogen) atoms. The van der Waals surface area contributed by atoms with Crippen molar-refractivity contribution in [3.8, 4) is 11.4 Å². The Labute approximate surface area is 149 Å². The van der Waals surface area contributed by atoms with Crippen molar-refractivity contribution in [2.45, 2.75) is 19.4 Å². The highest BCUT2D eigenvalue weighted by atomic mass is 127. The van der Waals surface area contributed by atoms with Crippen molar-refractivity contribution in [2.24, 2.45) is 7.05 Å². The number of nitrogens with zero attached hydrogens (tertiary/aromatic N) is 5. The molecule has 4 rings (SSSR count). The highest BCUT2D eigenvalue weighted by molar-refractivity contribution is 14.1. The van der Waals surface area contributed by atoms with Crippen molar-refractivity contribution in [3.05, 3.63) is 34.3 Å². The topological polar surface area (TPSA) is 38.9 Å². The van der Waals surface area contributed by atoms with E-state index in [-0.39, 0.29) is 0 Å². The first-order valence-corrected chi connectivity index (χ1v) is 9.15. The van der Waals surface area contributed by atoms with Crippen LogP contribution in [-0.2, 0) is 13.6 Å². The summed E-state index contributed by atoms with van der Waals surface area (Å²) in [5, 5.41) is 5.69. The summed E-state index contributed by atoms with van der Waals surface area (Å²) in [7, 11) is 1.90. The molecule has 3 heterocycles. The smallest absolute Gasteiger partial charge is 0.181 e. The molecular formula is C17H20IN5. The van der Waals surface area contributed by atoms with Gasteiger partial charge < -0.3 is 9.47 Å². The van der Waals surface area contributed by atoms with Crippen LogP contribution < -0.4 is 0 Å². The SMILES string of the molecule is Cn1cnc(-c2ccc3c(c2)c(I)cn3CCN2CCCC2)n1. The van der Waals surface area contributed by atoms with Gasteiger partial charge in [-0.3, -0.25) is 4.68 Å². The van der Waals surface area contributed by atoms with Gasteiger partial charge in [-0.05, 0) is 66.7 Å². The molecule has 0 radical (unpaired) electrons. The molecule has 0 saturated carbocycles. The lowest BCUT2D eigenvalue weighted by Crippen LogP contribution is -2.23. The molecule has 0 amide bonds. The highest BCUT2D eigenvalue weighted by Gasteiger charge is 2.13. The van der Waals surface area contributed by atoms with E-state index in [0.717, 1.165) is 24.5 Å². The van der Waals surface area contributed by atoms with Gasteiger partial charge >= 0.3 is 0 Å². The molecule has 1 saturated heterocycles. The van der Waals surface area contributed by atoms with Gasteiger partial charge in [0.1, 0.15) is 6.33 Å². The van der Waals surface area contributed by atoms with Gasteiger partial charge in [-0.15, -0.1) is 0 Å². The summed E-state index contributed by atoms with van der Waals surface area (Å²) in [4.78, 5) is 6.91. The fourth-order valence-electron chi connectivity index (χ4n) is 3.30. The molecule has 3 aromatic rings. The predicted octanol–water partition coefficient (Wildman–Crippen LogP) is 3.14. The van der Waals surface area contributed by atoms with Crippen molar-refractivity contribution in [1.82, 2.24) is 24.2 Å². The Morgan fingerprint density at radius 1 is 1.17 bits per heavy atom. The molecule has 5 nitrogen and oxygen atoms in total. The Balaban J connectivity index is 1.63. The van der Waals surface area contributed by atoms with E-state index in [4.69, 9.17) is 0 Å². The van der Waals surface area contributed by atoms with E-state index in [9.17, 15) is 0 Å². The molecule has 1 aliphatic rings. The highest BCUT2D eigenvalue weighted by Crippen LogP contribution is 2.27. The van der Waals surface area contributed by atoms with Gasteiger partial charge in [0, 0.05) is 46.4 Å². The Bertz CT molecular complexity index is 829. The Hall–Kier alpha value is -1.41. The maximum absolute atomic E-state index is 4.40. The van der Waals surface area contributed by atoms with Gasteiger partial charge in [0.15, 0.2) is 5.82 Å². The zero-order valence-electron chi connectivity index (χ0n) is 13.2. The van der Waals surface area contributed by atoms with E-state index in [1.165, 1.54) is 40.4 Å². The minimum Gasteiger partial charge on any atom is -0.345 e. The van der Waals surface area contributed by atoms with Gasteiger partial charge in [0.25, 0.3) is 0 Å². The van der Waals surface area contributed by atoms with Crippen molar-refractivity contribution >= 4 is 33.5 Å². The Morgan fingerprint density at radius 3 is 2.74 bits per heavy atom. The number of aryl methyl sites for hydroxylation is 1. The van der Waals surface area contributed by atoms with Gasteiger partial charge in [-0.1, -0.05) is 0 Å². The maximum Gasteiger partial charge on any atom is 0.181 e. The van der Waals surface area contributed by atoms with E-state index in [1.54, 1.807) is 11.0 Å². The third-order valence-electron chi connectivity index (χ3n) is 4.55. The van der Waals surface area contributed by atoms with Gasteiger partial charge in [-0.25, -0.2) is 4.98 Å². The number of likely N-dealkylation sites (tertiary alicyclic amines) is 1. The van der Waals surface area contributed by atoms with Crippen molar-refractivity contribution in [3.63, 3.8) is 0 Å². The second kappa shape index (κ2) is 6.24. The average Bonchev–Trinajstić information content (AvgIpc) is 3.27. The summed E-state index contributed by atoms with van der Waals surface area (Å²) in [6, 6.07) is 6.53. The summed E-state index contributed by atoms with van der Waals surface area (Å²) in [6.07, 6.45) is 6.71. The van der Waals surface area contributed by atoms with Crippen LogP contribution in [0.15, 0.2) is 30.7 Å². The van der Waals surface area contributed by atoms with E-state index in [0.29, 0.717) is 0 Å². The number of hydrogen-bond donors (Lipinski definition) is 0. The summed E-state index contributed by atoms with van der Waals surface area (Å²) in [5.74, 6) is 0.787. The first kappa shape index (κ1) is 15.1. The molecular weight excluding hydrogens is 401 g/mol. The van der Waals surface area contributed by atoms with Crippen LogP contribution >= 0.6 is 22.6 Å². The van der Waals surface area contributed by atoms with Crippen molar-refractivity contribution in [1.29, 1.82) is 0 Å². The quantitative estimate of drug-likeness (QED) is 0.608. The lowest BCUT2D eigenvalue weighted by molar-refractivity contribution is 0.324. The van der Waals surface area contributed by atoms with Crippen LogP contribution in [0.5, 0.6) is 0 Å². The van der Waals surface area contributed by atoms with Crippen LogP contribution in [0.4, 0.5) is 0 Å². The van der Waals surface area contributed by atoms with Crippen LogP contribution in [0.1, 0.15) is 12.8 Å². The zero-order chi connectivity index (χ0) is 15.8. The third-order valence-corrected chi connectivity index (χ3v) is 5.41. The standard InChI is InChI=1S/C17H20IN5/c1-21-12-19-17(20-21)13-4-5-16-14(10-13)15(18)11-23(16)9-8-22-6-2-3-7-22/h4-5,10-12H,2-3,6-9H2,1H3. The molecule has 0 atom stereocenters. The second-order valence-corrected chi connectivity index (χ2v) is 7.36. The number of hydrogen-bond acceptors (Lipinski definition) is 3. The predicted molar refractivity (Wildman–Crippen MR) is 100 cm³/mol. The fraction of sp³-hybridized carbons (Fsp3) is 0.412. The van der Waals surface area contributed by atoms with Crippen LogP contribution in [-0.4, -0.2) is 43.9 Å². The molecule has 0 aliphatic carbocycles. The summed E-state index contributed by atoms with van der Waals surface area (Å²) >= 11 is 2.43. The molecule has 0 spiro atoms. The number of aromatic nitrogens is 4. The van der Waals surface area contributed by atoms with Crippen LogP contribution in [0.2, 0.25) is 0 Å². The molecule has 0 unspecified atom stereocenters. The summed E-state index contributed by atoms with van der Waals surface area (Å²) in [6.45, 7) is 4.71. The number of halogens is 1. The first-order chi connectivity index (χ1) is 11.2. The molecule has 0 N–H and O–H groups in total. The van der Waals surface area contributed by atoms with Crippen LogP contribution in [0.25, 0.3) is 22.3 Å². The van der Waals surface area contributed by atoms with E-state index >= 15 is 0 Å². The number of rotatable bonds is 4. The van der Waals surface area contributed by atoms with Crippen molar-refractivity contribution in [2.75, 3.05) is 19.6 Å². The van der Waals surface area contributed by atoms with E-state index < -0.39 is 0 Å². The van der Waals surface area contributed by atoms with Gasteiger partial charge in [0.2, 0.25) is 0 Å². The van der Waals surface area contributed by atoms with Crippen LogP contribution in [0, 0.1) is 3.57 Å². The lowest BCUT2D eigenvalue weighted by atomic mass is 10.1. The molecule has 6 heteroatoms. The molecule has 120 valence electrons. The Morgan fingerprint density at radius 2 is 2.00 bits per heavy atom. The summed E-state index contributed by atoms with van der Waals surface area (Å²) in [5.41, 5.74) is 2.38. The van der Waals surface area contributed by atoms with Crippen LogP contribution in [0.3, 0.4) is 0 Å². The molecule has 1 aromatic carbocycles. The average molecular weight is 421 g/mol. The van der Waals surface area contributed by atoms with E-state index in [1.807, 2.05) is 7.05 Å². The second-order valence-electron chi connectivity index (χ2n) is 6.19. The molecule has 2 aromatic heterocycles. The lowest BCUT2D eigenvalue weighted by Gasteiger charge is -2.15. The number of fused-ring (bicyclic) bond motifs is 1. The van der Waals surface area contributed by atoms with Gasteiger partial charge in [-0.2, -0.15) is 5.10 Å². The van der Waals surface area contributed by atoms with Gasteiger partial charge in [0.05, 0.1) is 0 Å². The largest absolute Gasteiger partial charge is 0.345 e. The van der Waals surface area contributed by atoms with Crippen molar-refractivity contribution < 1.29 is 0 Å². The molecule has 1 fully saturated rings. The third kappa shape index (κ3) is 3.01. The summed E-state index contributed by atoms with van der Waals surface area (Å²) < 4.78 is 5.41. The minimum absolute atomic E-state index is 0.787. The van der Waals surface area contributed by atoms with E-state index in [2.05, 4.69) is 66.5 Å². The Kier molecular flexibility index (Phi) is 4.11. The first-order valence-electron chi connectivity index (χ1n) is 8.07. The minimum atomic E-state index is 0.787. The fourth-order valence-corrected chi connectivity index (χ4v) is 4.07. The maximum atomic E-state index is 4.40. The zero-order valence-corrected chi connectivity index (χ0v) is 15.4. The normalized spacial score (nSPS) is 15.7.